The van der Waals surface area contributed by atoms with E-state index in [9.17, 15) is 10.2 Å². The van der Waals surface area contributed by atoms with Crippen molar-refractivity contribution in [3.8, 4) is 0 Å². The molecule has 4 saturated heterocycles. The molecule has 0 saturated carbocycles. The third kappa shape index (κ3) is 2.08. The maximum atomic E-state index is 9.95. The molecule has 0 radical (unpaired) electrons. The Morgan fingerprint density at radius 3 is 2.70 bits per heavy atom. The summed E-state index contributed by atoms with van der Waals surface area (Å²) in [5.74, 6) is 0. The largest absolute Gasteiger partial charge is 0.394 e. The van der Waals surface area contributed by atoms with Gasteiger partial charge in [-0.3, -0.25) is 0 Å². The van der Waals surface area contributed by atoms with E-state index < -0.39 is 24.6 Å². The van der Waals surface area contributed by atoms with E-state index in [0.717, 1.165) is 0 Å². The summed E-state index contributed by atoms with van der Waals surface area (Å²) < 4.78 is 27.7. The number of aliphatic hydroxyl groups is 3. The highest BCUT2D eigenvalue weighted by Crippen LogP contribution is 2.43. The Hall–Kier alpha value is -0.320. The van der Waals surface area contributed by atoms with E-state index in [0.29, 0.717) is 6.61 Å². The molecule has 0 aliphatic carbocycles. The van der Waals surface area contributed by atoms with Gasteiger partial charge in [0.25, 0.3) is 0 Å². The van der Waals surface area contributed by atoms with Gasteiger partial charge in [0, 0.05) is 6.42 Å². The Morgan fingerprint density at radius 1 is 1.05 bits per heavy atom. The van der Waals surface area contributed by atoms with E-state index in [1.807, 2.05) is 0 Å². The molecule has 8 heteroatoms. The molecule has 4 heterocycles. The van der Waals surface area contributed by atoms with Crippen LogP contribution in [0.1, 0.15) is 6.42 Å². The van der Waals surface area contributed by atoms with E-state index in [-0.39, 0.29) is 43.7 Å². The Bertz CT molecular complexity index is 378. The number of fused-ring (bicyclic) bond motifs is 4. The van der Waals surface area contributed by atoms with Gasteiger partial charge in [-0.25, -0.2) is 0 Å². The number of ether oxygens (including phenoxy) is 5. The predicted octanol–water partition coefficient (Wildman–Crippen LogP) is -2.28. The number of hydrogen-bond acceptors (Lipinski definition) is 8. The van der Waals surface area contributed by atoms with Crippen molar-refractivity contribution in [1.29, 1.82) is 0 Å². The number of hydrogen-bond donors (Lipinski definition) is 3. The normalized spacial score (nSPS) is 57.5. The molecule has 4 fully saturated rings. The fourth-order valence-corrected chi connectivity index (χ4v) is 3.09. The monoisotopic (exact) mass is 290 g/mol. The van der Waals surface area contributed by atoms with Gasteiger partial charge in [-0.05, 0) is 0 Å². The lowest BCUT2D eigenvalue weighted by Crippen LogP contribution is -2.53. The van der Waals surface area contributed by atoms with Gasteiger partial charge in [0.1, 0.15) is 36.6 Å². The van der Waals surface area contributed by atoms with E-state index in [1.165, 1.54) is 0 Å². The van der Waals surface area contributed by atoms with Crippen LogP contribution in [0.2, 0.25) is 0 Å². The van der Waals surface area contributed by atoms with Crippen molar-refractivity contribution in [2.75, 3.05) is 13.2 Å². The number of aliphatic hydroxyl groups excluding tert-OH is 3. The second-order valence-electron chi connectivity index (χ2n) is 5.64. The Kier molecular flexibility index (Phi) is 3.24. The molecular formula is C12H18O8. The molecule has 0 unspecified atom stereocenters. The first-order chi connectivity index (χ1) is 9.67. The second kappa shape index (κ2) is 4.85. The fraction of sp³-hybridized carbons (Fsp3) is 1.00. The second-order valence-corrected chi connectivity index (χ2v) is 5.64. The van der Waals surface area contributed by atoms with E-state index in [1.54, 1.807) is 0 Å². The lowest BCUT2D eigenvalue weighted by Gasteiger charge is -2.38. The molecule has 0 amide bonds. The van der Waals surface area contributed by atoms with Crippen LogP contribution in [0.3, 0.4) is 0 Å². The molecule has 114 valence electrons. The quantitative estimate of drug-likeness (QED) is 0.499. The summed E-state index contributed by atoms with van der Waals surface area (Å²) in [4.78, 5) is 0. The van der Waals surface area contributed by atoms with Gasteiger partial charge in [-0.2, -0.15) is 0 Å². The number of rotatable bonds is 3. The van der Waals surface area contributed by atoms with Crippen LogP contribution in [0.5, 0.6) is 0 Å². The van der Waals surface area contributed by atoms with E-state index >= 15 is 0 Å². The SMILES string of the molecule is OC[C@H]1O[C@@H](O[C@H]2[C@@H]3O[C@@H]3[C@@H]3OC[C@H]2O3)[C@H](O)C[C@@H]1O. The summed E-state index contributed by atoms with van der Waals surface area (Å²) in [6, 6.07) is 0. The third-order valence-corrected chi connectivity index (χ3v) is 4.26. The minimum Gasteiger partial charge on any atom is -0.394 e. The van der Waals surface area contributed by atoms with Gasteiger partial charge in [-0.1, -0.05) is 0 Å². The van der Waals surface area contributed by atoms with Crippen molar-refractivity contribution in [3.05, 3.63) is 0 Å². The predicted molar refractivity (Wildman–Crippen MR) is 60.5 cm³/mol. The van der Waals surface area contributed by atoms with Crippen molar-refractivity contribution < 1.29 is 39.0 Å². The molecule has 4 aliphatic heterocycles. The van der Waals surface area contributed by atoms with E-state index in [4.69, 9.17) is 28.8 Å². The lowest BCUT2D eigenvalue weighted by atomic mass is 10.0. The molecule has 0 aromatic heterocycles. The van der Waals surface area contributed by atoms with Gasteiger partial charge in [0.15, 0.2) is 12.6 Å². The minimum absolute atomic E-state index is 0.0994. The smallest absolute Gasteiger partial charge is 0.187 e. The van der Waals surface area contributed by atoms with Gasteiger partial charge < -0.3 is 39.0 Å². The zero-order chi connectivity index (χ0) is 13.9. The van der Waals surface area contributed by atoms with Crippen LogP contribution in [-0.2, 0) is 23.7 Å². The van der Waals surface area contributed by atoms with Crippen LogP contribution in [0, 0.1) is 0 Å². The maximum Gasteiger partial charge on any atom is 0.187 e. The highest BCUT2D eigenvalue weighted by Gasteiger charge is 2.63. The molecule has 0 aromatic carbocycles. The standard InChI is InChI=1S/C12H18O8/c13-2-6-4(14)1-5(15)11(17-6)20-8-7-3-16-12(18-7)10-9(8)19-10/h4-15H,1-3H2/t4-,5+,6+,7+,8+,9-,10-,11-,12+/m0/s1. The molecule has 4 rings (SSSR count). The molecule has 8 nitrogen and oxygen atoms in total. The molecule has 20 heavy (non-hydrogen) atoms. The van der Waals surface area contributed by atoms with Gasteiger partial charge >= 0.3 is 0 Å². The van der Waals surface area contributed by atoms with Crippen LogP contribution < -0.4 is 0 Å². The topological polar surface area (TPSA) is 110 Å². The lowest BCUT2D eigenvalue weighted by molar-refractivity contribution is -0.295. The molecule has 2 bridgehead atoms. The highest BCUT2D eigenvalue weighted by atomic mass is 16.8. The van der Waals surface area contributed by atoms with Crippen LogP contribution in [0.15, 0.2) is 0 Å². The Morgan fingerprint density at radius 2 is 1.90 bits per heavy atom. The summed E-state index contributed by atoms with van der Waals surface area (Å²) in [5, 5.41) is 28.8. The maximum absolute atomic E-state index is 9.95. The van der Waals surface area contributed by atoms with Crippen molar-refractivity contribution in [1.82, 2.24) is 0 Å². The van der Waals surface area contributed by atoms with Crippen LogP contribution in [0.25, 0.3) is 0 Å². The first-order valence-corrected chi connectivity index (χ1v) is 6.88. The average molecular weight is 290 g/mol. The Balaban J connectivity index is 1.43. The van der Waals surface area contributed by atoms with Crippen molar-refractivity contribution in [2.45, 2.75) is 61.7 Å². The first-order valence-electron chi connectivity index (χ1n) is 6.88. The van der Waals surface area contributed by atoms with Crippen LogP contribution in [0.4, 0.5) is 0 Å². The van der Waals surface area contributed by atoms with Crippen molar-refractivity contribution in [3.63, 3.8) is 0 Å². The third-order valence-electron chi connectivity index (χ3n) is 4.26. The van der Waals surface area contributed by atoms with Crippen molar-refractivity contribution >= 4 is 0 Å². The fourth-order valence-electron chi connectivity index (χ4n) is 3.09. The summed E-state index contributed by atoms with van der Waals surface area (Å²) in [6.07, 6.45) is -4.55. The molecule has 4 aliphatic rings. The molecule has 9 atom stereocenters. The minimum atomic E-state index is -0.954. The molecule has 0 aromatic rings. The first kappa shape index (κ1) is 13.4. The summed E-state index contributed by atoms with van der Waals surface area (Å²) >= 11 is 0. The Labute approximate surface area is 115 Å². The van der Waals surface area contributed by atoms with Gasteiger partial charge in [0.2, 0.25) is 0 Å². The molecular weight excluding hydrogens is 272 g/mol. The van der Waals surface area contributed by atoms with E-state index in [2.05, 4.69) is 0 Å². The zero-order valence-corrected chi connectivity index (χ0v) is 10.7. The van der Waals surface area contributed by atoms with Crippen LogP contribution in [-0.4, -0.2) is 83.8 Å². The summed E-state index contributed by atoms with van der Waals surface area (Å²) in [6.45, 7) is 0.104. The molecule has 0 spiro atoms. The van der Waals surface area contributed by atoms with Gasteiger partial charge in [0.05, 0.1) is 19.3 Å². The average Bonchev–Trinajstić information content (AvgIpc) is 3.11. The van der Waals surface area contributed by atoms with Crippen LogP contribution >= 0.6 is 0 Å². The zero-order valence-electron chi connectivity index (χ0n) is 10.7. The highest BCUT2D eigenvalue weighted by molar-refractivity contribution is 5.04. The summed E-state index contributed by atoms with van der Waals surface area (Å²) in [5.41, 5.74) is 0. The van der Waals surface area contributed by atoms with Crippen molar-refractivity contribution in [2.24, 2.45) is 0 Å². The number of epoxide rings is 1. The van der Waals surface area contributed by atoms with Gasteiger partial charge in [-0.15, -0.1) is 0 Å². The molecule has 3 N–H and O–H groups in total. The summed E-state index contributed by atoms with van der Waals surface area (Å²) in [7, 11) is 0.